The van der Waals surface area contributed by atoms with Gasteiger partial charge in [-0.05, 0) is 18.6 Å². The Kier molecular flexibility index (Phi) is 3.18. The number of hydrazine groups is 1. The van der Waals surface area contributed by atoms with E-state index in [9.17, 15) is 13.2 Å². The second-order valence-corrected chi connectivity index (χ2v) is 5.83. The van der Waals surface area contributed by atoms with Crippen LogP contribution in [0.15, 0.2) is 16.5 Å². The van der Waals surface area contributed by atoms with Gasteiger partial charge in [-0.1, -0.05) is 0 Å². The molecule has 1 aromatic rings. The van der Waals surface area contributed by atoms with Crippen LogP contribution in [0.25, 0.3) is 0 Å². The van der Waals surface area contributed by atoms with Crippen LogP contribution < -0.4 is 11.3 Å². The standard InChI is InChI=1S/C9H13N3O4S/c10-11-9(13)8-3-2-7(16-8)6-12-4-1-5-17(12,14)15/h2-3H,1,4-6,10H2,(H,11,13). The third kappa shape index (κ3) is 2.48. The van der Waals surface area contributed by atoms with E-state index in [1.807, 2.05) is 5.43 Å². The maximum Gasteiger partial charge on any atom is 0.300 e. The molecule has 1 fully saturated rings. The fourth-order valence-electron chi connectivity index (χ4n) is 1.70. The molecule has 8 heteroatoms. The smallest absolute Gasteiger partial charge is 0.300 e. The summed E-state index contributed by atoms with van der Waals surface area (Å²) in [6.45, 7) is 0.641. The SMILES string of the molecule is NNC(=O)c1ccc(CN2CCCS2(=O)=O)o1. The average Bonchev–Trinajstić information content (AvgIpc) is 2.86. The highest BCUT2D eigenvalue weighted by molar-refractivity contribution is 7.89. The number of nitrogen functional groups attached to an aromatic ring is 1. The van der Waals surface area contributed by atoms with Gasteiger partial charge in [-0.15, -0.1) is 0 Å². The van der Waals surface area contributed by atoms with Gasteiger partial charge in [0.1, 0.15) is 5.76 Å². The number of amides is 1. The summed E-state index contributed by atoms with van der Waals surface area (Å²) in [7, 11) is -3.15. The summed E-state index contributed by atoms with van der Waals surface area (Å²) in [5.41, 5.74) is 1.94. The number of carbonyl (C=O) groups is 1. The van der Waals surface area contributed by atoms with Gasteiger partial charge < -0.3 is 4.42 Å². The van der Waals surface area contributed by atoms with Crippen LogP contribution in [0, 0.1) is 0 Å². The first-order valence-electron chi connectivity index (χ1n) is 5.10. The van der Waals surface area contributed by atoms with Gasteiger partial charge in [0.05, 0.1) is 12.3 Å². The predicted octanol–water partition coefficient (Wildman–Crippen LogP) is -0.581. The van der Waals surface area contributed by atoms with Crippen molar-refractivity contribution in [2.45, 2.75) is 13.0 Å². The van der Waals surface area contributed by atoms with Crippen LogP contribution in [0.4, 0.5) is 0 Å². The van der Waals surface area contributed by atoms with Crippen LogP contribution in [-0.2, 0) is 16.6 Å². The number of hydrogen-bond donors (Lipinski definition) is 2. The Morgan fingerprint density at radius 3 is 2.88 bits per heavy atom. The van der Waals surface area contributed by atoms with E-state index >= 15 is 0 Å². The lowest BCUT2D eigenvalue weighted by Crippen LogP contribution is -2.29. The van der Waals surface area contributed by atoms with E-state index in [4.69, 9.17) is 10.3 Å². The van der Waals surface area contributed by atoms with Crippen molar-refractivity contribution in [3.63, 3.8) is 0 Å². The predicted molar refractivity (Wildman–Crippen MR) is 59.2 cm³/mol. The Morgan fingerprint density at radius 1 is 1.53 bits per heavy atom. The van der Waals surface area contributed by atoms with Gasteiger partial charge in [0.2, 0.25) is 10.0 Å². The fourth-order valence-corrected chi connectivity index (χ4v) is 3.18. The van der Waals surface area contributed by atoms with Crippen LogP contribution in [0.5, 0.6) is 0 Å². The summed E-state index contributed by atoms with van der Waals surface area (Å²) in [6.07, 6.45) is 0.624. The molecule has 0 aliphatic carbocycles. The molecule has 0 spiro atoms. The van der Waals surface area contributed by atoms with Gasteiger partial charge in [-0.25, -0.2) is 14.3 Å². The van der Waals surface area contributed by atoms with Crippen molar-refractivity contribution in [2.75, 3.05) is 12.3 Å². The highest BCUT2D eigenvalue weighted by Gasteiger charge is 2.29. The number of sulfonamides is 1. The first kappa shape index (κ1) is 12.1. The van der Waals surface area contributed by atoms with Crippen molar-refractivity contribution in [1.82, 2.24) is 9.73 Å². The number of hydrogen-bond acceptors (Lipinski definition) is 5. The molecule has 3 N–H and O–H groups in total. The first-order chi connectivity index (χ1) is 8.03. The monoisotopic (exact) mass is 259 g/mol. The zero-order valence-electron chi connectivity index (χ0n) is 9.05. The molecular formula is C9H13N3O4S. The van der Waals surface area contributed by atoms with Crippen molar-refractivity contribution in [1.29, 1.82) is 0 Å². The molecule has 2 heterocycles. The van der Waals surface area contributed by atoms with Crippen molar-refractivity contribution in [3.05, 3.63) is 23.7 Å². The van der Waals surface area contributed by atoms with Crippen LogP contribution in [0.1, 0.15) is 22.7 Å². The third-order valence-electron chi connectivity index (χ3n) is 2.55. The van der Waals surface area contributed by atoms with E-state index in [1.165, 1.54) is 10.4 Å². The minimum absolute atomic E-state index is 0.0686. The van der Waals surface area contributed by atoms with Crippen LogP contribution in [0.2, 0.25) is 0 Å². The highest BCUT2D eigenvalue weighted by atomic mass is 32.2. The Balaban J connectivity index is 2.10. The fraction of sp³-hybridized carbons (Fsp3) is 0.444. The molecule has 0 saturated carbocycles. The lowest BCUT2D eigenvalue weighted by molar-refractivity contribution is 0.0923. The Bertz CT molecular complexity index is 522. The van der Waals surface area contributed by atoms with Crippen molar-refractivity contribution in [2.24, 2.45) is 5.84 Å². The number of nitrogens with zero attached hydrogens (tertiary/aromatic N) is 1. The molecule has 0 atom stereocenters. The van der Waals surface area contributed by atoms with Gasteiger partial charge >= 0.3 is 5.91 Å². The molecule has 1 amide bonds. The van der Waals surface area contributed by atoms with E-state index in [1.54, 1.807) is 6.07 Å². The average molecular weight is 259 g/mol. The van der Waals surface area contributed by atoms with Crippen molar-refractivity contribution >= 4 is 15.9 Å². The molecule has 0 unspecified atom stereocenters. The minimum Gasteiger partial charge on any atom is -0.454 e. The summed E-state index contributed by atoms with van der Waals surface area (Å²) in [4.78, 5) is 11.1. The second-order valence-electron chi connectivity index (χ2n) is 3.74. The third-order valence-corrected chi connectivity index (χ3v) is 4.45. The molecule has 1 aliphatic heterocycles. The normalized spacial score (nSPS) is 19.4. The molecule has 0 bridgehead atoms. The molecular weight excluding hydrogens is 246 g/mol. The van der Waals surface area contributed by atoms with Gasteiger partial charge in [0.15, 0.2) is 5.76 Å². The van der Waals surface area contributed by atoms with E-state index in [-0.39, 0.29) is 18.1 Å². The molecule has 1 aliphatic rings. The van der Waals surface area contributed by atoms with Crippen molar-refractivity contribution in [3.8, 4) is 0 Å². The zero-order chi connectivity index (χ0) is 12.5. The molecule has 94 valence electrons. The molecule has 1 saturated heterocycles. The quantitative estimate of drug-likeness (QED) is 0.429. The summed E-state index contributed by atoms with van der Waals surface area (Å²) < 4.78 is 29.6. The topological polar surface area (TPSA) is 106 Å². The van der Waals surface area contributed by atoms with Gasteiger partial charge in [-0.2, -0.15) is 4.31 Å². The molecule has 1 aromatic heterocycles. The van der Waals surface area contributed by atoms with E-state index in [2.05, 4.69) is 0 Å². The lowest BCUT2D eigenvalue weighted by Gasteiger charge is -2.11. The van der Waals surface area contributed by atoms with Crippen LogP contribution >= 0.6 is 0 Å². The first-order valence-corrected chi connectivity index (χ1v) is 6.71. The van der Waals surface area contributed by atoms with E-state index in [0.29, 0.717) is 18.7 Å². The number of nitrogens with one attached hydrogen (secondary N) is 1. The van der Waals surface area contributed by atoms with Crippen LogP contribution in [-0.4, -0.2) is 30.9 Å². The number of furan rings is 1. The zero-order valence-corrected chi connectivity index (χ0v) is 9.87. The van der Waals surface area contributed by atoms with Gasteiger partial charge in [0, 0.05) is 6.54 Å². The number of nitrogens with two attached hydrogens (primary N) is 1. The summed E-state index contributed by atoms with van der Waals surface area (Å²) in [6, 6.07) is 3.03. The van der Waals surface area contributed by atoms with Crippen LogP contribution in [0.3, 0.4) is 0 Å². The molecule has 2 rings (SSSR count). The summed E-state index contributed by atoms with van der Waals surface area (Å²) >= 11 is 0. The minimum atomic E-state index is -3.15. The van der Waals surface area contributed by atoms with Crippen molar-refractivity contribution < 1.29 is 17.6 Å². The lowest BCUT2D eigenvalue weighted by atomic mass is 10.4. The highest BCUT2D eigenvalue weighted by Crippen LogP contribution is 2.18. The Labute approximate surface area is 98.6 Å². The second kappa shape index (κ2) is 4.47. The van der Waals surface area contributed by atoms with E-state index < -0.39 is 15.9 Å². The Hall–Kier alpha value is -1.38. The number of rotatable bonds is 3. The maximum absolute atomic E-state index is 11.5. The van der Waals surface area contributed by atoms with Gasteiger partial charge in [-0.3, -0.25) is 10.2 Å². The number of carbonyl (C=O) groups excluding carboxylic acids is 1. The Morgan fingerprint density at radius 2 is 2.29 bits per heavy atom. The summed E-state index contributed by atoms with van der Waals surface area (Å²) in [5, 5.41) is 0. The van der Waals surface area contributed by atoms with Gasteiger partial charge in [0.25, 0.3) is 0 Å². The maximum atomic E-state index is 11.5. The molecule has 17 heavy (non-hydrogen) atoms. The molecule has 7 nitrogen and oxygen atoms in total. The largest absolute Gasteiger partial charge is 0.454 e. The van der Waals surface area contributed by atoms with E-state index in [0.717, 1.165) is 0 Å². The summed E-state index contributed by atoms with van der Waals surface area (Å²) in [5.74, 6) is 5.08. The molecule has 0 radical (unpaired) electrons. The molecule has 0 aromatic carbocycles.